The molecular weight excluding hydrogens is 585 g/mol. The van der Waals surface area contributed by atoms with Crippen molar-refractivity contribution in [2.24, 2.45) is 0 Å². The van der Waals surface area contributed by atoms with E-state index in [0.29, 0.717) is 11.1 Å². The normalized spacial score (nSPS) is 11.3. The Labute approximate surface area is 277 Å². The number of para-hydroxylation sites is 5. The molecule has 0 radical (unpaired) electrons. The fraction of sp³-hybridized carbons (Fsp3) is 0. The highest BCUT2D eigenvalue weighted by Gasteiger charge is 2.21. The van der Waals surface area contributed by atoms with Crippen molar-refractivity contribution in [3.8, 4) is 45.8 Å². The zero-order valence-corrected chi connectivity index (χ0v) is 25.8. The van der Waals surface area contributed by atoms with Gasteiger partial charge in [0.1, 0.15) is 0 Å². The van der Waals surface area contributed by atoms with Gasteiger partial charge in [-0.25, -0.2) is 0 Å². The third kappa shape index (κ3) is 4.07. The van der Waals surface area contributed by atoms with Crippen LogP contribution in [0.3, 0.4) is 0 Å². The zero-order valence-electron chi connectivity index (χ0n) is 25.8. The largest absolute Gasteiger partial charge is 0.309 e. The lowest BCUT2D eigenvalue weighted by Crippen LogP contribution is -2.00. The van der Waals surface area contributed by atoms with E-state index in [1.54, 1.807) is 0 Å². The number of aromatic nitrogens is 2. The highest BCUT2D eigenvalue weighted by Crippen LogP contribution is 2.42. The van der Waals surface area contributed by atoms with Crippen molar-refractivity contribution in [2.75, 3.05) is 0 Å². The zero-order chi connectivity index (χ0) is 32.2. The van der Waals surface area contributed by atoms with Crippen molar-refractivity contribution in [1.29, 1.82) is 10.5 Å². The van der Waals surface area contributed by atoms with Crippen LogP contribution in [-0.4, -0.2) is 9.13 Å². The highest BCUT2D eigenvalue weighted by atomic mass is 15.0. The van der Waals surface area contributed by atoms with Crippen molar-refractivity contribution in [3.05, 3.63) is 169 Å². The van der Waals surface area contributed by atoms with Crippen molar-refractivity contribution >= 4 is 43.6 Å². The molecule has 2 aromatic heterocycles. The second kappa shape index (κ2) is 10.9. The second-order valence-electron chi connectivity index (χ2n) is 12.0. The van der Waals surface area contributed by atoms with Crippen molar-refractivity contribution in [2.45, 2.75) is 0 Å². The monoisotopic (exact) mass is 610 g/mol. The number of rotatable bonds is 4. The van der Waals surface area contributed by atoms with Gasteiger partial charge in [-0.3, -0.25) is 0 Å². The molecule has 9 rings (SSSR count). The Kier molecular flexibility index (Phi) is 6.22. The Hall–Kier alpha value is -6.88. The third-order valence-corrected chi connectivity index (χ3v) is 9.38. The van der Waals surface area contributed by atoms with Gasteiger partial charge < -0.3 is 9.13 Å². The quantitative estimate of drug-likeness (QED) is 0.199. The molecule has 0 aliphatic rings. The Bertz CT molecular complexity index is 2710. The summed E-state index contributed by atoms with van der Waals surface area (Å²) in [6.45, 7) is 0. The van der Waals surface area contributed by atoms with Crippen molar-refractivity contribution < 1.29 is 0 Å². The van der Waals surface area contributed by atoms with E-state index >= 15 is 0 Å². The summed E-state index contributed by atoms with van der Waals surface area (Å²) >= 11 is 0. The molecule has 0 bridgehead atoms. The minimum absolute atomic E-state index is 0.549. The van der Waals surface area contributed by atoms with Crippen LogP contribution in [0.25, 0.3) is 77.2 Å². The topological polar surface area (TPSA) is 57.4 Å². The van der Waals surface area contributed by atoms with Gasteiger partial charge in [0, 0.05) is 38.4 Å². The van der Waals surface area contributed by atoms with Gasteiger partial charge >= 0.3 is 0 Å². The first-order chi connectivity index (χ1) is 23.7. The average Bonchev–Trinajstić information content (AvgIpc) is 3.67. The predicted molar refractivity (Wildman–Crippen MR) is 195 cm³/mol. The lowest BCUT2D eigenvalue weighted by molar-refractivity contribution is 1.18. The van der Waals surface area contributed by atoms with Gasteiger partial charge in [-0.2, -0.15) is 10.5 Å². The Morgan fingerprint density at radius 3 is 1.48 bits per heavy atom. The second-order valence-corrected chi connectivity index (χ2v) is 12.0. The fourth-order valence-electron chi connectivity index (χ4n) is 7.40. The molecule has 0 saturated heterocycles. The maximum atomic E-state index is 10.5. The first-order valence-electron chi connectivity index (χ1n) is 15.9. The molecular formula is C44H26N4. The van der Waals surface area contributed by atoms with E-state index < -0.39 is 0 Å². The van der Waals surface area contributed by atoms with Gasteiger partial charge in [0.25, 0.3) is 0 Å². The van der Waals surface area contributed by atoms with Gasteiger partial charge in [-0.15, -0.1) is 0 Å². The van der Waals surface area contributed by atoms with Crippen LogP contribution in [-0.2, 0) is 0 Å². The van der Waals surface area contributed by atoms with Crippen LogP contribution in [0.2, 0.25) is 0 Å². The SMILES string of the molecule is N#Cc1cc(-c2cccc(C#N)c2-c2ccccc2-n2c3ccccc3c3ccccc32)cc(-n2c3ccccc3c3ccccc32)c1. The smallest absolute Gasteiger partial charge is 0.0998 e. The van der Waals surface area contributed by atoms with Gasteiger partial charge in [-0.05, 0) is 65.7 Å². The van der Waals surface area contributed by atoms with Gasteiger partial charge in [0.15, 0.2) is 0 Å². The van der Waals surface area contributed by atoms with Gasteiger partial charge in [0.2, 0.25) is 0 Å². The first-order valence-corrected chi connectivity index (χ1v) is 15.9. The van der Waals surface area contributed by atoms with E-state index in [-0.39, 0.29) is 0 Å². The summed E-state index contributed by atoms with van der Waals surface area (Å²) in [5.41, 5.74) is 10.9. The fourth-order valence-corrected chi connectivity index (χ4v) is 7.40. The van der Waals surface area contributed by atoms with E-state index in [2.05, 4.69) is 130 Å². The molecule has 4 heteroatoms. The molecule has 0 spiro atoms. The molecule has 0 fully saturated rings. The summed E-state index contributed by atoms with van der Waals surface area (Å²) in [4.78, 5) is 0. The number of benzene rings is 7. The minimum atomic E-state index is 0.549. The van der Waals surface area contributed by atoms with Gasteiger partial charge in [0.05, 0.1) is 51.0 Å². The van der Waals surface area contributed by atoms with Crippen LogP contribution < -0.4 is 0 Å². The number of nitriles is 2. The van der Waals surface area contributed by atoms with E-state index in [4.69, 9.17) is 0 Å². The van der Waals surface area contributed by atoms with Crippen LogP contribution in [0.15, 0.2) is 158 Å². The standard InChI is InChI=1S/C44H26N4/c45-27-29-24-31(26-32(25-29)47-39-19-6-1-13-34(39)35-14-2-7-20-40(35)47)33-18-11-12-30(28-46)44(33)38-17-5-10-23-43(38)48-41-21-8-3-15-36(41)37-16-4-9-22-42(37)48/h1-26H. The van der Waals surface area contributed by atoms with Crippen LogP contribution in [0.4, 0.5) is 0 Å². The Balaban J connectivity index is 1.33. The molecule has 0 saturated carbocycles. The molecule has 0 aliphatic carbocycles. The van der Waals surface area contributed by atoms with Gasteiger partial charge in [-0.1, -0.05) is 103 Å². The summed E-state index contributed by atoms with van der Waals surface area (Å²) in [7, 11) is 0. The molecule has 222 valence electrons. The summed E-state index contributed by atoms with van der Waals surface area (Å²) in [5.74, 6) is 0. The van der Waals surface area contributed by atoms with Crippen LogP contribution in [0, 0.1) is 22.7 Å². The van der Waals surface area contributed by atoms with E-state index in [0.717, 1.165) is 66.5 Å². The lowest BCUT2D eigenvalue weighted by atomic mass is 9.89. The van der Waals surface area contributed by atoms with Crippen molar-refractivity contribution in [1.82, 2.24) is 9.13 Å². The number of hydrogen-bond acceptors (Lipinski definition) is 2. The molecule has 4 nitrogen and oxygen atoms in total. The number of fused-ring (bicyclic) bond motifs is 6. The highest BCUT2D eigenvalue weighted by molar-refractivity contribution is 6.11. The number of hydrogen-bond donors (Lipinski definition) is 0. The number of nitrogens with zero attached hydrogens (tertiary/aromatic N) is 4. The summed E-state index contributed by atoms with van der Waals surface area (Å²) < 4.78 is 4.53. The minimum Gasteiger partial charge on any atom is -0.309 e. The summed E-state index contributed by atoms with van der Waals surface area (Å²) in [6, 6.07) is 58.8. The molecule has 0 atom stereocenters. The third-order valence-electron chi connectivity index (χ3n) is 9.38. The predicted octanol–water partition coefficient (Wildman–Crippen LogP) is 11.0. The Morgan fingerprint density at radius 1 is 0.417 bits per heavy atom. The molecule has 0 amide bonds. The first kappa shape index (κ1) is 27.4. The summed E-state index contributed by atoms with van der Waals surface area (Å²) in [5, 5.41) is 25.5. The van der Waals surface area contributed by atoms with E-state index in [1.807, 2.05) is 48.5 Å². The molecule has 0 aliphatic heterocycles. The van der Waals surface area contributed by atoms with Crippen molar-refractivity contribution in [3.63, 3.8) is 0 Å². The van der Waals surface area contributed by atoms with Crippen LogP contribution >= 0.6 is 0 Å². The maximum Gasteiger partial charge on any atom is 0.0998 e. The molecule has 0 N–H and O–H groups in total. The van der Waals surface area contributed by atoms with Crippen LogP contribution in [0.5, 0.6) is 0 Å². The van der Waals surface area contributed by atoms with E-state index in [9.17, 15) is 10.5 Å². The molecule has 2 heterocycles. The average molecular weight is 611 g/mol. The molecule has 0 unspecified atom stereocenters. The van der Waals surface area contributed by atoms with E-state index in [1.165, 1.54) is 10.8 Å². The lowest BCUT2D eigenvalue weighted by Gasteiger charge is -2.19. The summed E-state index contributed by atoms with van der Waals surface area (Å²) in [6.07, 6.45) is 0. The Morgan fingerprint density at radius 2 is 0.917 bits per heavy atom. The van der Waals surface area contributed by atoms with Crippen LogP contribution in [0.1, 0.15) is 11.1 Å². The molecule has 9 aromatic rings. The maximum absolute atomic E-state index is 10.5. The molecule has 7 aromatic carbocycles. The molecule has 48 heavy (non-hydrogen) atoms.